The molecule has 15 heavy (non-hydrogen) atoms. The summed E-state index contributed by atoms with van der Waals surface area (Å²) >= 11 is 0. The minimum absolute atomic E-state index is 0.690. The lowest BCUT2D eigenvalue weighted by molar-refractivity contribution is -0.000435. The van der Waals surface area contributed by atoms with Crippen LogP contribution < -0.4 is 4.72 Å². The van der Waals surface area contributed by atoms with Crippen LogP contribution in [0.25, 0.3) is 0 Å². The van der Waals surface area contributed by atoms with E-state index in [2.05, 4.69) is 0 Å². The molecule has 2 N–H and O–H groups in total. The Morgan fingerprint density at radius 1 is 1.27 bits per heavy atom. The Morgan fingerprint density at radius 3 is 2.07 bits per heavy atom. The first kappa shape index (κ1) is 14.7. The molecular formula is C5H11F2NO5S2. The molecule has 10 heteroatoms. The van der Waals surface area contributed by atoms with E-state index in [1.165, 1.54) is 0 Å². The highest BCUT2D eigenvalue weighted by Gasteiger charge is 2.22. The second-order valence-electron chi connectivity index (χ2n) is 2.91. The van der Waals surface area contributed by atoms with Crippen LogP contribution in [0.5, 0.6) is 0 Å². The van der Waals surface area contributed by atoms with Gasteiger partial charge in [0, 0.05) is 12.8 Å². The van der Waals surface area contributed by atoms with Crippen molar-refractivity contribution in [2.24, 2.45) is 0 Å². The summed E-state index contributed by atoms with van der Waals surface area (Å²) in [4.78, 5) is 0. The summed E-state index contributed by atoms with van der Waals surface area (Å²) in [5, 5.41) is 7.36. The molecule has 0 saturated carbocycles. The standard InChI is InChI=1S/C5H11F2NO5S2/c1-14(10,11)3-15(12,13)8-2-4(9)5(6)7/h4-5,8-9H,2-3H2,1H3. The molecule has 6 nitrogen and oxygen atoms in total. The van der Waals surface area contributed by atoms with Crippen molar-refractivity contribution in [1.29, 1.82) is 0 Å². The van der Waals surface area contributed by atoms with Gasteiger partial charge in [0.15, 0.2) is 14.9 Å². The van der Waals surface area contributed by atoms with Crippen molar-refractivity contribution in [2.45, 2.75) is 12.5 Å². The third-order valence-electron chi connectivity index (χ3n) is 1.17. The van der Waals surface area contributed by atoms with Gasteiger partial charge in [0.1, 0.15) is 6.10 Å². The average Bonchev–Trinajstić information content (AvgIpc) is 1.95. The van der Waals surface area contributed by atoms with Gasteiger partial charge in [-0.1, -0.05) is 0 Å². The number of rotatable bonds is 6. The molecular weight excluding hydrogens is 256 g/mol. The van der Waals surface area contributed by atoms with E-state index in [0.29, 0.717) is 6.26 Å². The van der Waals surface area contributed by atoms with Crippen molar-refractivity contribution < 1.29 is 30.7 Å². The van der Waals surface area contributed by atoms with E-state index in [-0.39, 0.29) is 0 Å². The average molecular weight is 267 g/mol. The Balaban J connectivity index is 4.30. The molecule has 0 rings (SSSR count). The molecule has 0 aromatic rings. The first-order valence-electron chi connectivity index (χ1n) is 3.65. The number of hydrogen-bond acceptors (Lipinski definition) is 5. The number of sulfone groups is 1. The molecule has 0 saturated heterocycles. The van der Waals surface area contributed by atoms with Gasteiger partial charge < -0.3 is 5.11 Å². The molecule has 0 fully saturated rings. The zero-order chi connectivity index (χ0) is 12.3. The highest BCUT2D eigenvalue weighted by molar-refractivity contribution is 8.06. The minimum atomic E-state index is -4.20. The number of aliphatic hydroxyl groups excluding tert-OH is 1. The summed E-state index contributed by atoms with van der Waals surface area (Å²) < 4.78 is 68.1. The lowest BCUT2D eigenvalue weighted by Crippen LogP contribution is -2.38. The van der Waals surface area contributed by atoms with E-state index in [9.17, 15) is 25.6 Å². The number of hydrogen-bond donors (Lipinski definition) is 2. The Kier molecular flexibility index (Phi) is 5.03. The molecule has 0 aromatic carbocycles. The second kappa shape index (κ2) is 5.14. The van der Waals surface area contributed by atoms with Crippen LogP contribution in [0.15, 0.2) is 0 Å². The van der Waals surface area contributed by atoms with E-state index in [1.54, 1.807) is 4.72 Å². The van der Waals surface area contributed by atoms with Gasteiger partial charge >= 0.3 is 0 Å². The van der Waals surface area contributed by atoms with Crippen molar-refractivity contribution in [3.8, 4) is 0 Å². The lowest BCUT2D eigenvalue weighted by Gasteiger charge is -2.10. The van der Waals surface area contributed by atoms with Crippen LogP contribution in [0.1, 0.15) is 0 Å². The van der Waals surface area contributed by atoms with Gasteiger partial charge in [0.25, 0.3) is 6.43 Å². The topological polar surface area (TPSA) is 101 Å². The highest BCUT2D eigenvalue weighted by Crippen LogP contribution is 2.00. The predicted molar refractivity (Wildman–Crippen MR) is 48.6 cm³/mol. The summed E-state index contributed by atoms with van der Waals surface area (Å²) in [7, 11) is -7.97. The van der Waals surface area contributed by atoms with E-state index < -0.39 is 44.0 Å². The number of sulfonamides is 1. The molecule has 0 aromatic heterocycles. The molecule has 0 amide bonds. The van der Waals surface area contributed by atoms with E-state index >= 15 is 0 Å². The van der Waals surface area contributed by atoms with Crippen LogP contribution in [0.4, 0.5) is 8.78 Å². The van der Waals surface area contributed by atoms with Gasteiger partial charge in [0.2, 0.25) is 10.0 Å². The molecule has 1 atom stereocenters. The smallest absolute Gasteiger partial charge is 0.265 e. The first-order valence-corrected chi connectivity index (χ1v) is 7.36. The van der Waals surface area contributed by atoms with E-state index in [1.807, 2.05) is 0 Å². The third kappa shape index (κ3) is 7.59. The minimum Gasteiger partial charge on any atom is -0.386 e. The van der Waals surface area contributed by atoms with Crippen molar-refractivity contribution in [1.82, 2.24) is 4.72 Å². The molecule has 0 spiro atoms. The van der Waals surface area contributed by atoms with Crippen LogP contribution in [-0.2, 0) is 19.9 Å². The van der Waals surface area contributed by atoms with Gasteiger partial charge in [-0.2, -0.15) is 0 Å². The molecule has 0 heterocycles. The fourth-order valence-electron chi connectivity index (χ4n) is 0.625. The molecule has 0 radical (unpaired) electrons. The SMILES string of the molecule is CS(=O)(=O)CS(=O)(=O)NCC(O)C(F)F. The summed E-state index contributed by atoms with van der Waals surface area (Å²) in [5.74, 6) is 0. The number of alkyl halides is 2. The Bertz CT molecular complexity index is 390. The predicted octanol–water partition coefficient (Wildman–Crippen LogP) is -1.47. The number of nitrogens with one attached hydrogen (secondary N) is 1. The summed E-state index contributed by atoms with van der Waals surface area (Å²) in [6, 6.07) is 0. The van der Waals surface area contributed by atoms with Crippen molar-refractivity contribution in [2.75, 3.05) is 17.9 Å². The molecule has 1 unspecified atom stereocenters. The first-order chi connectivity index (χ1) is 6.53. The van der Waals surface area contributed by atoms with Crippen molar-refractivity contribution in [3.63, 3.8) is 0 Å². The maximum atomic E-state index is 11.7. The maximum Gasteiger partial charge on any atom is 0.265 e. The highest BCUT2D eigenvalue weighted by atomic mass is 32.3. The van der Waals surface area contributed by atoms with Gasteiger partial charge in [-0.3, -0.25) is 0 Å². The van der Waals surface area contributed by atoms with Crippen molar-refractivity contribution >= 4 is 19.9 Å². The number of halogens is 2. The summed E-state index contributed by atoms with van der Waals surface area (Å²) in [6.07, 6.45) is -4.55. The van der Waals surface area contributed by atoms with Gasteiger partial charge in [-0.15, -0.1) is 0 Å². The Hall–Kier alpha value is -0.320. The van der Waals surface area contributed by atoms with E-state index in [4.69, 9.17) is 5.11 Å². The second-order valence-corrected chi connectivity index (χ2v) is 7.22. The monoisotopic (exact) mass is 267 g/mol. The maximum absolute atomic E-state index is 11.7. The lowest BCUT2D eigenvalue weighted by atomic mass is 10.4. The van der Waals surface area contributed by atoms with Crippen LogP contribution in [0, 0.1) is 0 Å². The Labute approximate surface area is 86.3 Å². The largest absolute Gasteiger partial charge is 0.386 e. The molecule has 0 bridgehead atoms. The normalized spacial score (nSPS) is 15.5. The van der Waals surface area contributed by atoms with Gasteiger partial charge in [-0.25, -0.2) is 30.3 Å². The molecule has 92 valence electrons. The number of aliphatic hydroxyl groups is 1. The summed E-state index contributed by atoms with van der Waals surface area (Å²) in [6.45, 7) is -0.921. The summed E-state index contributed by atoms with van der Waals surface area (Å²) in [5.41, 5.74) is 0. The molecule has 0 aliphatic carbocycles. The van der Waals surface area contributed by atoms with E-state index in [0.717, 1.165) is 0 Å². The third-order valence-corrected chi connectivity index (χ3v) is 4.73. The zero-order valence-electron chi connectivity index (χ0n) is 7.72. The van der Waals surface area contributed by atoms with Crippen LogP contribution in [0.2, 0.25) is 0 Å². The molecule has 0 aliphatic heterocycles. The van der Waals surface area contributed by atoms with Crippen LogP contribution in [0.3, 0.4) is 0 Å². The van der Waals surface area contributed by atoms with Crippen molar-refractivity contribution in [3.05, 3.63) is 0 Å². The van der Waals surface area contributed by atoms with Crippen LogP contribution in [-0.4, -0.2) is 52.4 Å². The van der Waals surface area contributed by atoms with Crippen LogP contribution >= 0.6 is 0 Å². The Morgan fingerprint density at radius 2 is 1.73 bits per heavy atom. The fraction of sp³-hybridized carbons (Fsp3) is 1.00. The molecule has 0 aliphatic rings. The fourth-order valence-corrected chi connectivity index (χ4v) is 3.64. The quantitative estimate of drug-likeness (QED) is 0.612. The van der Waals surface area contributed by atoms with Gasteiger partial charge in [0.05, 0.1) is 0 Å². The zero-order valence-corrected chi connectivity index (χ0v) is 9.35. The van der Waals surface area contributed by atoms with Gasteiger partial charge in [-0.05, 0) is 0 Å².